The average Bonchev–Trinajstić information content (AvgIpc) is 2.99. The van der Waals surface area contributed by atoms with E-state index in [0.717, 1.165) is 24.2 Å². The van der Waals surface area contributed by atoms with E-state index in [2.05, 4.69) is 10.00 Å². The molecule has 18 heavy (non-hydrogen) atoms. The zero-order valence-corrected chi connectivity index (χ0v) is 11.1. The van der Waals surface area contributed by atoms with Gasteiger partial charge in [-0.05, 0) is 44.2 Å². The molecule has 4 heteroatoms. The van der Waals surface area contributed by atoms with Crippen molar-refractivity contribution in [3.63, 3.8) is 0 Å². The van der Waals surface area contributed by atoms with E-state index < -0.39 is 0 Å². The van der Waals surface area contributed by atoms with E-state index in [4.69, 9.17) is 5.73 Å². The van der Waals surface area contributed by atoms with Crippen molar-refractivity contribution in [2.24, 2.45) is 5.41 Å². The Balaban J connectivity index is 1.45. The molecule has 2 aliphatic rings. The van der Waals surface area contributed by atoms with Crippen LogP contribution < -0.4 is 5.73 Å². The summed E-state index contributed by atoms with van der Waals surface area (Å²) in [5.41, 5.74) is 7.16. The number of nitrogen functional groups attached to an aromatic ring is 1. The van der Waals surface area contributed by atoms with E-state index in [1.807, 2.05) is 10.9 Å². The zero-order chi connectivity index (χ0) is 12.4. The SMILES string of the molecule is Nc1cnn(CCN2CCC3(CCCC3)CC2)c1. The second kappa shape index (κ2) is 4.92. The van der Waals surface area contributed by atoms with Gasteiger partial charge in [0.2, 0.25) is 0 Å². The molecule has 1 aromatic rings. The number of hydrogen-bond acceptors (Lipinski definition) is 3. The van der Waals surface area contributed by atoms with E-state index >= 15 is 0 Å². The fraction of sp³-hybridized carbons (Fsp3) is 0.786. The molecule has 0 bridgehead atoms. The topological polar surface area (TPSA) is 47.1 Å². The highest BCUT2D eigenvalue weighted by Crippen LogP contribution is 2.45. The van der Waals surface area contributed by atoms with Crippen LogP contribution in [0.25, 0.3) is 0 Å². The maximum atomic E-state index is 5.67. The van der Waals surface area contributed by atoms with Gasteiger partial charge in [-0.25, -0.2) is 0 Å². The number of nitrogens with two attached hydrogens (primary N) is 1. The number of aromatic nitrogens is 2. The summed E-state index contributed by atoms with van der Waals surface area (Å²) in [5, 5.41) is 4.24. The summed E-state index contributed by atoms with van der Waals surface area (Å²) >= 11 is 0. The third-order valence-corrected chi connectivity index (χ3v) is 4.88. The molecular weight excluding hydrogens is 224 g/mol. The lowest BCUT2D eigenvalue weighted by Gasteiger charge is -2.39. The van der Waals surface area contributed by atoms with Crippen LogP contribution in [0.5, 0.6) is 0 Å². The van der Waals surface area contributed by atoms with Crippen LogP contribution in [0.1, 0.15) is 38.5 Å². The van der Waals surface area contributed by atoms with E-state index in [0.29, 0.717) is 0 Å². The largest absolute Gasteiger partial charge is 0.396 e. The van der Waals surface area contributed by atoms with Gasteiger partial charge in [0.15, 0.2) is 0 Å². The molecule has 2 N–H and O–H groups in total. The second-order valence-electron chi connectivity index (χ2n) is 6.09. The number of likely N-dealkylation sites (tertiary alicyclic amines) is 1. The minimum Gasteiger partial charge on any atom is -0.396 e. The first-order valence-electron chi connectivity index (χ1n) is 7.26. The highest BCUT2D eigenvalue weighted by molar-refractivity contribution is 5.30. The van der Waals surface area contributed by atoms with Crippen molar-refractivity contribution < 1.29 is 0 Å². The molecule has 4 nitrogen and oxygen atoms in total. The molecule has 1 aliphatic carbocycles. The van der Waals surface area contributed by atoms with Crippen molar-refractivity contribution in [1.82, 2.24) is 14.7 Å². The first kappa shape index (κ1) is 12.0. The Hall–Kier alpha value is -1.03. The summed E-state index contributed by atoms with van der Waals surface area (Å²) in [4.78, 5) is 2.58. The normalized spacial score (nSPS) is 23.8. The van der Waals surface area contributed by atoms with Gasteiger partial charge >= 0.3 is 0 Å². The van der Waals surface area contributed by atoms with Gasteiger partial charge < -0.3 is 10.6 Å². The summed E-state index contributed by atoms with van der Waals surface area (Å²) in [5.74, 6) is 0. The van der Waals surface area contributed by atoms with Crippen molar-refractivity contribution in [3.8, 4) is 0 Å². The van der Waals surface area contributed by atoms with Gasteiger partial charge in [0.05, 0.1) is 18.4 Å². The number of hydrogen-bond donors (Lipinski definition) is 1. The van der Waals surface area contributed by atoms with E-state index in [-0.39, 0.29) is 0 Å². The molecule has 2 fully saturated rings. The molecule has 2 heterocycles. The van der Waals surface area contributed by atoms with E-state index in [1.165, 1.54) is 51.6 Å². The van der Waals surface area contributed by atoms with Gasteiger partial charge in [-0.15, -0.1) is 0 Å². The smallest absolute Gasteiger partial charge is 0.0719 e. The molecule has 1 aromatic heterocycles. The average molecular weight is 248 g/mol. The van der Waals surface area contributed by atoms with Crippen LogP contribution in [0.15, 0.2) is 12.4 Å². The van der Waals surface area contributed by atoms with Crippen LogP contribution in [0.4, 0.5) is 5.69 Å². The fourth-order valence-corrected chi connectivity index (χ4v) is 3.62. The molecule has 0 amide bonds. The van der Waals surface area contributed by atoms with Gasteiger partial charge in [-0.2, -0.15) is 5.10 Å². The summed E-state index contributed by atoms with van der Waals surface area (Å²) in [6.07, 6.45) is 12.4. The van der Waals surface area contributed by atoms with Crippen molar-refractivity contribution in [1.29, 1.82) is 0 Å². The van der Waals surface area contributed by atoms with Crippen molar-refractivity contribution in [2.75, 3.05) is 25.4 Å². The Morgan fingerprint density at radius 3 is 2.44 bits per heavy atom. The molecule has 0 atom stereocenters. The number of piperidine rings is 1. The molecule has 0 radical (unpaired) electrons. The number of anilines is 1. The zero-order valence-electron chi connectivity index (χ0n) is 11.1. The molecule has 1 aliphatic heterocycles. The Kier molecular flexibility index (Phi) is 3.29. The predicted molar refractivity (Wildman–Crippen MR) is 73.2 cm³/mol. The fourth-order valence-electron chi connectivity index (χ4n) is 3.62. The van der Waals surface area contributed by atoms with Gasteiger partial charge in [0.25, 0.3) is 0 Å². The Morgan fingerprint density at radius 1 is 1.11 bits per heavy atom. The number of nitrogens with zero attached hydrogens (tertiary/aromatic N) is 3. The van der Waals surface area contributed by atoms with E-state index in [1.54, 1.807) is 6.20 Å². The van der Waals surface area contributed by atoms with Gasteiger partial charge in [-0.3, -0.25) is 4.68 Å². The van der Waals surface area contributed by atoms with Crippen molar-refractivity contribution in [2.45, 2.75) is 45.1 Å². The Morgan fingerprint density at radius 2 is 1.83 bits per heavy atom. The van der Waals surface area contributed by atoms with Crippen LogP contribution >= 0.6 is 0 Å². The third kappa shape index (κ3) is 2.53. The van der Waals surface area contributed by atoms with Crippen LogP contribution in [0.2, 0.25) is 0 Å². The molecule has 1 saturated carbocycles. The molecule has 3 rings (SSSR count). The number of rotatable bonds is 3. The maximum absolute atomic E-state index is 5.67. The first-order valence-corrected chi connectivity index (χ1v) is 7.26. The third-order valence-electron chi connectivity index (χ3n) is 4.88. The molecule has 1 saturated heterocycles. The van der Waals surface area contributed by atoms with Gasteiger partial charge in [-0.1, -0.05) is 12.8 Å². The second-order valence-corrected chi connectivity index (χ2v) is 6.09. The molecular formula is C14H24N4. The standard InChI is InChI=1S/C14H24N4/c15-13-11-16-18(12-13)10-9-17-7-5-14(6-8-17)3-1-2-4-14/h11-12H,1-10,15H2. The molecule has 100 valence electrons. The predicted octanol–water partition coefficient (Wildman–Crippen LogP) is 2.12. The monoisotopic (exact) mass is 248 g/mol. The van der Waals surface area contributed by atoms with Crippen molar-refractivity contribution in [3.05, 3.63) is 12.4 Å². The lowest BCUT2D eigenvalue weighted by atomic mass is 9.77. The molecule has 0 aromatic carbocycles. The summed E-state index contributed by atoms with van der Waals surface area (Å²) in [6.45, 7) is 4.62. The highest BCUT2D eigenvalue weighted by atomic mass is 15.3. The molecule has 1 spiro atoms. The first-order chi connectivity index (χ1) is 8.76. The van der Waals surface area contributed by atoms with Crippen LogP contribution in [0.3, 0.4) is 0 Å². The summed E-state index contributed by atoms with van der Waals surface area (Å²) < 4.78 is 1.95. The van der Waals surface area contributed by atoms with Gasteiger partial charge in [0, 0.05) is 12.7 Å². The van der Waals surface area contributed by atoms with Crippen LogP contribution in [-0.4, -0.2) is 34.3 Å². The van der Waals surface area contributed by atoms with Crippen LogP contribution in [-0.2, 0) is 6.54 Å². The maximum Gasteiger partial charge on any atom is 0.0719 e. The molecule has 0 unspecified atom stereocenters. The Bertz CT molecular complexity index is 382. The quantitative estimate of drug-likeness (QED) is 0.891. The van der Waals surface area contributed by atoms with E-state index in [9.17, 15) is 0 Å². The lowest BCUT2D eigenvalue weighted by molar-refractivity contribution is 0.105. The lowest BCUT2D eigenvalue weighted by Crippen LogP contribution is -2.40. The highest BCUT2D eigenvalue weighted by Gasteiger charge is 2.36. The van der Waals surface area contributed by atoms with Crippen molar-refractivity contribution >= 4 is 5.69 Å². The van der Waals surface area contributed by atoms with Gasteiger partial charge in [0.1, 0.15) is 0 Å². The summed E-state index contributed by atoms with van der Waals surface area (Å²) in [6, 6.07) is 0. The Labute approximate surface area is 109 Å². The minimum atomic E-state index is 0.729. The minimum absolute atomic E-state index is 0.729. The summed E-state index contributed by atoms with van der Waals surface area (Å²) in [7, 11) is 0. The van der Waals surface area contributed by atoms with Crippen LogP contribution in [0, 0.1) is 5.41 Å².